The maximum atomic E-state index is 12.3. The normalized spacial score (nSPS) is 14.5. The highest BCUT2D eigenvalue weighted by atomic mass is 79.9. The van der Waals surface area contributed by atoms with E-state index in [4.69, 9.17) is 9.47 Å². The van der Waals surface area contributed by atoms with E-state index >= 15 is 0 Å². The second-order valence-corrected chi connectivity index (χ2v) is 8.15. The molecule has 0 saturated carbocycles. The number of benzene rings is 3. The highest BCUT2D eigenvalue weighted by Crippen LogP contribution is 2.41. The van der Waals surface area contributed by atoms with E-state index in [1.165, 1.54) is 0 Å². The summed E-state index contributed by atoms with van der Waals surface area (Å²) in [6.45, 7) is 4.01. The average molecular weight is 426 g/mol. The number of hydrogen-bond acceptors (Lipinski definition) is 3. The molecule has 3 aromatic carbocycles. The molecule has 0 aromatic heterocycles. The number of hydrogen-bond donors (Lipinski definition) is 1. The van der Waals surface area contributed by atoms with Crippen molar-refractivity contribution in [2.24, 2.45) is 0 Å². The van der Waals surface area contributed by atoms with Gasteiger partial charge in [-0.15, -0.1) is 0 Å². The maximum Gasteiger partial charge on any atom is 0.262 e. The van der Waals surface area contributed by atoms with Gasteiger partial charge in [-0.3, -0.25) is 4.79 Å². The first-order chi connectivity index (χ1) is 12.9. The summed E-state index contributed by atoms with van der Waals surface area (Å²) < 4.78 is 12.7. The highest BCUT2D eigenvalue weighted by molar-refractivity contribution is 9.10. The molecule has 138 valence electrons. The maximum absolute atomic E-state index is 12.3. The minimum atomic E-state index is -0.247. The van der Waals surface area contributed by atoms with Crippen molar-refractivity contribution in [3.8, 4) is 11.5 Å². The molecular weight excluding hydrogens is 406 g/mol. The molecule has 0 atom stereocenters. The van der Waals surface area contributed by atoms with Crippen molar-refractivity contribution in [1.29, 1.82) is 0 Å². The Kier molecular flexibility index (Phi) is 4.56. The molecule has 1 amide bonds. The van der Waals surface area contributed by atoms with Gasteiger partial charge in [0.1, 0.15) is 5.60 Å². The van der Waals surface area contributed by atoms with Crippen molar-refractivity contribution in [3.63, 3.8) is 0 Å². The van der Waals surface area contributed by atoms with Gasteiger partial charge in [-0.05, 0) is 48.9 Å². The molecule has 0 fully saturated rings. The highest BCUT2D eigenvalue weighted by Gasteiger charge is 2.32. The fourth-order valence-electron chi connectivity index (χ4n) is 3.36. The van der Waals surface area contributed by atoms with Crippen LogP contribution >= 0.6 is 15.9 Å². The number of fused-ring (bicyclic) bond motifs is 2. The van der Waals surface area contributed by atoms with E-state index in [2.05, 4.69) is 21.2 Å². The van der Waals surface area contributed by atoms with Gasteiger partial charge in [0.25, 0.3) is 5.91 Å². The topological polar surface area (TPSA) is 47.6 Å². The van der Waals surface area contributed by atoms with Crippen LogP contribution in [0.4, 0.5) is 5.69 Å². The van der Waals surface area contributed by atoms with Crippen LogP contribution in [0.2, 0.25) is 0 Å². The number of halogens is 1. The van der Waals surface area contributed by atoms with Gasteiger partial charge in [-0.1, -0.05) is 46.3 Å². The first kappa shape index (κ1) is 17.9. The second kappa shape index (κ2) is 6.89. The number of para-hydroxylation sites is 1. The fourth-order valence-corrected chi connectivity index (χ4v) is 3.88. The quantitative estimate of drug-likeness (QED) is 0.613. The van der Waals surface area contributed by atoms with Gasteiger partial charge in [0, 0.05) is 22.1 Å². The lowest BCUT2D eigenvalue weighted by atomic mass is 10.0. The fraction of sp³-hybridized carbons (Fsp3) is 0.227. The van der Waals surface area contributed by atoms with Crippen molar-refractivity contribution < 1.29 is 14.3 Å². The molecule has 0 saturated heterocycles. The Morgan fingerprint density at radius 2 is 2.00 bits per heavy atom. The molecule has 0 spiro atoms. The molecule has 0 bridgehead atoms. The van der Waals surface area contributed by atoms with E-state index in [-0.39, 0.29) is 18.1 Å². The Bertz CT molecular complexity index is 1030. The average Bonchev–Trinajstić information content (AvgIpc) is 2.94. The van der Waals surface area contributed by atoms with Crippen LogP contribution in [0.1, 0.15) is 19.4 Å². The minimum absolute atomic E-state index is 0.0727. The summed E-state index contributed by atoms with van der Waals surface area (Å²) in [6, 6.07) is 17.6. The lowest BCUT2D eigenvalue weighted by molar-refractivity contribution is -0.118. The van der Waals surface area contributed by atoms with Crippen molar-refractivity contribution in [1.82, 2.24) is 0 Å². The van der Waals surface area contributed by atoms with Crippen molar-refractivity contribution in [2.45, 2.75) is 25.9 Å². The Hall–Kier alpha value is -2.53. The first-order valence-electron chi connectivity index (χ1n) is 8.83. The first-order valence-corrected chi connectivity index (χ1v) is 9.62. The third-order valence-electron chi connectivity index (χ3n) is 4.52. The van der Waals surface area contributed by atoms with Gasteiger partial charge in [0.05, 0.1) is 0 Å². The molecule has 3 aromatic rings. The molecule has 0 aliphatic carbocycles. The van der Waals surface area contributed by atoms with Crippen LogP contribution in [-0.2, 0) is 11.2 Å². The van der Waals surface area contributed by atoms with Gasteiger partial charge in [-0.2, -0.15) is 0 Å². The molecule has 0 unspecified atom stereocenters. The molecule has 1 aliphatic rings. The Morgan fingerprint density at radius 3 is 2.85 bits per heavy atom. The van der Waals surface area contributed by atoms with Crippen LogP contribution in [0.5, 0.6) is 11.5 Å². The second-order valence-electron chi connectivity index (χ2n) is 7.30. The number of nitrogens with one attached hydrogen (secondary N) is 1. The molecule has 1 aliphatic heterocycles. The van der Waals surface area contributed by atoms with Gasteiger partial charge in [0.15, 0.2) is 18.1 Å². The van der Waals surface area contributed by atoms with Gasteiger partial charge >= 0.3 is 0 Å². The zero-order chi connectivity index (χ0) is 19.0. The van der Waals surface area contributed by atoms with E-state index in [0.29, 0.717) is 5.75 Å². The SMILES string of the molecule is CC1(C)Cc2cccc(OCC(=O)Nc3ccc4c(Br)cccc4c3)c2O1. The number of ether oxygens (including phenoxy) is 2. The number of rotatable bonds is 4. The lowest BCUT2D eigenvalue weighted by Crippen LogP contribution is -2.25. The van der Waals surface area contributed by atoms with Crippen LogP contribution in [0, 0.1) is 0 Å². The van der Waals surface area contributed by atoms with E-state index in [1.54, 1.807) is 0 Å². The number of anilines is 1. The number of amides is 1. The lowest BCUT2D eigenvalue weighted by Gasteiger charge is -2.18. The third-order valence-corrected chi connectivity index (χ3v) is 5.22. The molecule has 4 rings (SSSR count). The van der Waals surface area contributed by atoms with Gasteiger partial charge in [0.2, 0.25) is 0 Å². The smallest absolute Gasteiger partial charge is 0.262 e. The van der Waals surface area contributed by atoms with Crippen LogP contribution in [0.25, 0.3) is 10.8 Å². The van der Waals surface area contributed by atoms with Crippen LogP contribution in [0.3, 0.4) is 0 Å². The summed E-state index contributed by atoms with van der Waals surface area (Å²) in [5.74, 6) is 1.14. The summed E-state index contributed by atoms with van der Waals surface area (Å²) in [5.41, 5.74) is 1.60. The standard InChI is InChI=1S/C22H20BrNO3/c1-22(2)12-15-6-4-8-19(21(15)27-22)26-13-20(25)24-16-9-10-17-14(11-16)5-3-7-18(17)23/h3-11H,12-13H2,1-2H3,(H,24,25). The molecule has 27 heavy (non-hydrogen) atoms. The summed E-state index contributed by atoms with van der Waals surface area (Å²) in [7, 11) is 0. The summed E-state index contributed by atoms with van der Waals surface area (Å²) in [4.78, 5) is 12.3. The Balaban J connectivity index is 1.43. The van der Waals surface area contributed by atoms with Gasteiger partial charge in [-0.25, -0.2) is 0 Å². The summed E-state index contributed by atoms with van der Waals surface area (Å²) in [5, 5.41) is 5.05. The monoisotopic (exact) mass is 425 g/mol. The number of carbonyl (C=O) groups excluding carboxylic acids is 1. The largest absolute Gasteiger partial charge is 0.483 e. The van der Waals surface area contributed by atoms with Crippen molar-refractivity contribution in [2.75, 3.05) is 11.9 Å². The zero-order valence-electron chi connectivity index (χ0n) is 15.2. The van der Waals surface area contributed by atoms with Crippen LogP contribution < -0.4 is 14.8 Å². The molecule has 1 heterocycles. The third kappa shape index (κ3) is 3.78. The zero-order valence-corrected chi connectivity index (χ0v) is 16.8. The van der Waals surface area contributed by atoms with Crippen molar-refractivity contribution >= 4 is 38.3 Å². The van der Waals surface area contributed by atoms with E-state index < -0.39 is 0 Å². The van der Waals surface area contributed by atoms with Crippen LogP contribution in [-0.4, -0.2) is 18.1 Å². The Morgan fingerprint density at radius 1 is 1.19 bits per heavy atom. The van der Waals surface area contributed by atoms with Crippen molar-refractivity contribution in [3.05, 3.63) is 64.6 Å². The number of carbonyl (C=O) groups is 1. The molecule has 5 heteroatoms. The molecular formula is C22H20BrNO3. The van der Waals surface area contributed by atoms with Gasteiger partial charge < -0.3 is 14.8 Å². The molecule has 1 N–H and O–H groups in total. The van der Waals surface area contributed by atoms with E-state index in [1.807, 2.05) is 68.4 Å². The Labute approximate surface area is 166 Å². The van der Waals surface area contributed by atoms with Crippen LogP contribution in [0.15, 0.2) is 59.1 Å². The molecule has 4 nitrogen and oxygen atoms in total. The van der Waals surface area contributed by atoms with E-state index in [0.717, 1.165) is 38.7 Å². The predicted molar refractivity (Wildman–Crippen MR) is 111 cm³/mol. The summed E-state index contributed by atoms with van der Waals surface area (Å²) in [6.07, 6.45) is 0.832. The molecule has 0 radical (unpaired) electrons. The predicted octanol–water partition coefficient (Wildman–Crippen LogP) is 5.33. The minimum Gasteiger partial charge on any atom is -0.483 e. The summed E-state index contributed by atoms with van der Waals surface area (Å²) >= 11 is 3.54. The van der Waals surface area contributed by atoms with E-state index in [9.17, 15) is 4.79 Å².